The van der Waals surface area contributed by atoms with E-state index in [1.807, 2.05) is 14.0 Å². The summed E-state index contributed by atoms with van der Waals surface area (Å²) >= 11 is 0. The number of amides is 6. The highest BCUT2D eigenvalue weighted by Crippen LogP contribution is 2.11. The van der Waals surface area contributed by atoms with Gasteiger partial charge in [0.1, 0.15) is 12.1 Å². The number of unbranched alkanes of at least 4 members (excludes halogenated alkanes) is 16. The number of allylic oxidation sites excluding steroid dienone is 2. The first-order chi connectivity index (χ1) is 33.0. The fraction of sp³-hybridized carbons (Fsp3) is 0.843. The van der Waals surface area contributed by atoms with E-state index in [1.54, 1.807) is 0 Å². The van der Waals surface area contributed by atoms with Crippen LogP contribution in [0.5, 0.6) is 0 Å². The maximum Gasteiger partial charge on any atom is 0.245 e. The lowest BCUT2D eigenvalue weighted by Crippen LogP contribution is -2.57. The van der Waals surface area contributed by atoms with Crippen LogP contribution in [0.15, 0.2) is 12.2 Å². The number of nitrogens with two attached hydrogens (primary N) is 2. The average molecular weight is 965 g/mol. The molecule has 17 heteroatoms. The molecule has 0 aromatic carbocycles. The molecule has 6 amide bonds. The van der Waals surface area contributed by atoms with Gasteiger partial charge in [0.2, 0.25) is 35.4 Å². The van der Waals surface area contributed by atoms with E-state index >= 15 is 0 Å². The Kier molecular flexibility index (Phi) is 44.5. The Morgan fingerprint density at radius 3 is 1.51 bits per heavy atom. The molecule has 0 fully saturated rings. The molecule has 4 unspecified atom stereocenters. The van der Waals surface area contributed by atoms with Gasteiger partial charge >= 0.3 is 0 Å². The van der Waals surface area contributed by atoms with Crippen LogP contribution >= 0.6 is 0 Å². The van der Waals surface area contributed by atoms with Crippen molar-refractivity contribution in [2.45, 2.75) is 218 Å². The van der Waals surface area contributed by atoms with Crippen LogP contribution in [-0.2, 0) is 28.8 Å². The van der Waals surface area contributed by atoms with Crippen LogP contribution in [0.25, 0.3) is 0 Å². The lowest BCUT2D eigenvalue weighted by Gasteiger charge is -2.23. The molecule has 17 nitrogen and oxygen atoms in total. The van der Waals surface area contributed by atoms with Gasteiger partial charge in [-0.3, -0.25) is 28.8 Å². The molecule has 0 aliphatic heterocycles. The van der Waals surface area contributed by atoms with Crippen LogP contribution in [0.2, 0.25) is 0 Å². The highest BCUT2D eigenvalue weighted by molar-refractivity contribution is 5.93. The standard InChI is InChI=1S/C51H100N10O7/c1-4-6-7-8-9-10-11-12-13-14-15-16-17-18-19-26-38-59-49(66)43(55-40-39-54-3)30-23-27-36-56-46(63)32-20-21-33-47(64)57-37-28-24-31-44(50(67)58-35-5-2)60-51(68)45(41-62)61-48(65)42(53)29-22-25-34-52/h12-13,42-45,54-55,62H,4-11,14-41,52-53H2,1-3H3,(H,56,63)(H,57,64)(H,58,67)(H,59,66)(H,60,68)(H,61,65)/b13-12-. The molecule has 0 aliphatic rings. The van der Waals surface area contributed by atoms with E-state index in [4.69, 9.17) is 11.5 Å². The molecular formula is C51H100N10O7. The predicted molar refractivity (Wildman–Crippen MR) is 275 cm³/mol. The van der Waals surface area contributed by atoms with Crippen LogP contribution in [0.3, 0.4) is 0 Å². The molecule has 396 valence electrons. The van der Waals surface area contributed by atoms with Gasteiger partial charge in [-0.15, -0.1) is 0 Å². The van der Waals surface area contributed by atoms with E-state index < -0.39 is 36.5 Å². The van der Waals surface area contributed by atoms with Crippen molar-refractivity contribution in [1.29, 1.82) is 0 Å². The van der Waals surface area contributed by atoms with Crippen LogP contribution in [0, 0.1) is 0 Å². The molecule has 0 spiro atoms. The Hall–Kier alpha value is -3.64. The summed E-state index contributed by atoms with van der Waals surface area (Å²) in [5.74, 6) is -1.77. The second kappa shape index (κ2) is 47.1. The molecule has 0 radical (unpaired) electrons. The maximum absolute atomic E-state index is 13.0. The van der Waals surface area contributed by atoms with Gasteiger partial charge in [-0.05, 0) is 116 Å². The third-order valence-electron chi connectivity index (χ3n) is 11.9. The van der Waals surface area contributed by atoms with E-state index in [2.05, 4.69) is 61.6 Å². The SMILES string of the molecule is CCCCCCCC/C=C\CCCCCCCCNC(=O)C(CCCCNC(=O)CCCCC(=O)NCCCCC(NC(=O)C(CO)NC(=O)C(N)CCCCN)C(=O)NCCC)NCCNC. The van der Waals surface area contributed by atoms with Gasteiger partial charge in [0.25, 0.3) is 0 Å². The molecule has 0 aromatic heterocycles. The summed E-state index contributed by atoms with van der Waals surface area (Å²) in [5.41, 5.74) is 11.4. The van der Waals surface area contributed by atoms with E-state index in [9.17, 15) is 33.9 Å². The van der Waals surface area contributed by atoms with Crippen molar-refractivity contribution in [2.24, 2.45) is 11.5 Å². The summed E-state index contributed by atoms with van der Waals surface area (Å²) in [7, 11) is 1.89. The number of likely N-dealkylation sites (N-methyl/N-ethyl adjacent to an activating group) is 1. The first-order valence-corrected chi connectivity index (χ1v) is 26.8. The van der Waals surface area contributed by atoms with Gasteiger partial charge < -0.3 is 59.1 Å². The number of aliphatic hydroxyl groups excluding tert-OH is 1. The average Bonchev–Trinajstić information content (AvgIpc) is 3.33. The molecular weight excluding hydrogens is 865 g/mol. The molecule has 0 aliphatic carbocycles. The molecule has 0 saturated carbocycles. The molecule has 13 N–H and O–H groups in total. The van der Waals surface area contributed by atoms with Crippen molar-refractivity contribution in [3.63, 3.8) is 0 Å². The van der Waals surface area contributed by atoms with Gasteiger partial charge in [0, 0.05) is 52.1 Å². The van der Waals surface area contributed by atoms with Crippen molar-refractivity contribution >= 4 is 35.4 Å². The van der Waals surface area contributed by atoms with E-state index in [0.717, 1.165) is 32.2 Å². The number of nitrogens with one attached hydrogen (secondary N) is 8. The molecule has 68 heavy (non-hydrogen) atoms. The summed E-state index contributed by atoms with van der Waals surface area (Å²) in [4.78, 5) is 76.2. The number of hydrogen-bond donors (Lipinski definition) is 11. The molecule has 0 rings (SSSR count). The zero-order valence-corrected chi connectivity index (χ0v) is 43.0. The normalized spacial score (nSPS) is 13.1. The topological polar surface area (TPSA) is 271 Å². The third kappa shape index (κ3) is 38.2. The van der Waals surface area contributed by atoms with Crippen molar-refractivity contribution < 1.29 is 33.9 Å². The Bertz CT molecular complexity index is 1320. The van der Waals surface area contributed by atoms with Crippen molar-refractivity contribution in [1.82, 2.24) is 42.5 Å². The van der Waals surface area contributed by atoms with Crippen LogP contribution in [0.1, 0.15) is 194 Å². The molecule has 0 bridgehead atoms. The Morgan fingerprint density at radius 1 is 0.471 bits per heavy atom. The van der Waals surface area contributed by atoms with Crippen molar-refractivity contribution in [3.05, 3.63) is 12.2 Å². The van der Waals surface area contributed by atoms with Gasteiger partial charge in [-0.1, -0.05) is 90.2 Å². The van der Waals surface area contributed by atoms with Crippen LogP contribution in [-0.4, -0.2) is 124 Å². The van der Waals surface area contributed by atoms with Crippen LogP contribution in [0.4, 0.5) is 0 Å². The number of rotatable bonds is 48. The summed E-state index contributed by atoms with van der Waals surface area (Å²) < 4.78 is 0. The lowest BCUT2D eigenvalue weighted by molar-refractivity contribution is -0.133. The summed E-state index contributed by atoms with van der Waals surface area (Å²) in [6.07, 6.45) is 30.2. The van der Waals surface area contributed by atoms with Gasteiger partial charge in [-0.25, -0.2) is 0 Å². The van der Waals surface area contributed by atoms with E-state index in [1.165, 1.54) is 77.0 Å². The van der Waals surface area contributed by atoms with Crippen molar-refractivity contribution in [3.8, 4) is 0 Å². The molecule has 0 aromatic rings. The second-order valence-electron chi connectivity index (χ2n) is 18.2. The minimum absolute atomic E-state index is 0.0390. The minimum Gasteiger partial charge on any atom is -0.394 e. The smallest absolute Gasteiger partial charge is 0.245 e. The van der Waals surface area contributed by atoms with Crippen molar-refractivity contribution in [2.75, 3.05) is 59.5 Å². The molecule has 4 atom stereocenters. The Labute approximate surface area is 411 Å². The molecule has 0 saturated heterocycles. The zero-order chi connectivity index (χ0) is 50.3. The summed E-state index contributed by atoms with van der Waals surface area (Å²) in [6.45, 7) is 7.50. The number of aliphatic hydroxyl groups is 1. The number of carbonyl (C=O) groups is 6. The first kappa shape index (κ1) is 64.4. The zero-order valence-electron chi connectivity index (χ0n) is 43.0. The fourth-order valence-corrected chi connectivity index (χ4v) is 7.58. The summed E-state index contributed by atoms with van der Waals surface area (Å²) in [5, 5.41) is 33.2. The second-order valence-corrected chi connectivity index (χ2v) is 18.2. The van der Waals surface area contributed by atoms with Gasteiger partial charge in [-0.2, -0.15) is 0 Å². The highest BCUT2D eigenvalue weighted by Gasteiger charge is 2.27. The monoisotopic (exact) mass is 965 g/mol. The van der Waals surface area contributed by atoms with Gasteiger partial charge in [0.05, 0.1) is 18.7 Å². The highest BCUT2D eigenvalue weighted by atomic mass is 16.3. The Morgan fingerprint density at radius 2 is 0.956 bits per heavy atom. The predicted octanol–water partition coefficient (Wildman–Crippen LogP) is 4.40. The maximum atomic E-state index is 13.0. The van der Waals surface area contributed by atoms with Gasteiger partial charge in [0.15, 0.2) is 0 Å². The quantitative estimate of drug-likeness (QED) is 0.0301. The number of carbonyl (C=O) groups excluding carboxylic acids is 6. The lowest BCUT2D eigenvalue weighted by atomic mass is 10.1. The first-order valence-electron chi connectivity index (χ1n) is 26.8. The largest absolute Gasteiger partial charge is 0.394 e. The molecule has 0 heterocycles. The fourth-order valence-electron chi connectivity index (χ4n) is 7.58. The van der Waals surface area contributed by atoms with Crippen LogP contribution < -0.4 is 54.0 Å². The van der Waals surface area contributed by atoms with E-state index in [0.29, 0.717) is 110 Å². The third-order valence-corrected chi connectivity index (χ3v) is 11.9. The Balaban J connectivity index is 4.30. The minimum atomic E-state index is -1.27. The summed E-state index contributed by atoms with van der Waals surface area (Å²) in [6, 6.07) is -3.28. The number of hydrogen-bond acceptors (Lipinski definition) is 11. The van der Waals surface area contributed by atoms with E-state index in [-0.39, 0.29) is 36.1 Å².